The monoisotopic (exact) mass is 113 g/mol. The van der Waals surface area contributed by atoms with Crippen molar-refractivity contribution in [1.29, 1.82) is 0 Å². The van der Waals surface area contributed by atoms with Crippen LogP contribution in [0, 0.1) is 0 Å². The van der Waals surface area contributed by atoms with E-state index in [1.807, 2.05) is 0 Å². The van der Waals surface area contributed by atoms with Crippen molar-refractivity contribution in [2.24, 2.45) is 0 Å². The molecule has 0 saturated carbocycles. The Labute approximate surface area is 44.5 Å². The third-order valence-corrected chi connectivity index (χ3v) is 0.571. The van der Waals surface area contributed by atoms with Crippen molar-refractivity contribution >= 4 is 5.91 Å². The van der Waals surface area contributed by atoms with Gasteiger partial charge >= 0.3 is 0 Å². The van der Waals surface area contributed by atoms with Crippen molar-refractivity contribution < 1.29 is 4.79 Å². The van der Waals surface area contributed by atoms with Crippen molar-refractivity contribution in [3.8, 4) is 0 Å². The highest BCUT2D eigenvalue weighted by molar-refractivity contribution is 5.73. The topological polar surface area (TPSA) is 73.6 Å². The summed E-state index contributed by atoms with van der Waals surface area (Å²) < 4.78 is 0. The smallest absolute Gasteiger partial charge is 0.265 e. The third kappa shape index (κ3) is 0.673. The molecule has 6 heteroatoms. The molecule has 1 aromatic heterocycles. The molecule has 1 aromatic rings. The Balaban J connectivity index is 2.93. The highest BCUT2D eigenvalue weighted by atomic mass is 16.2. The lowest BCUT2D eigenvalue weighted by Gasteiger charge is -1.79. The van der Waals surface area contributed by atoms with Gasteiger partial charge in [0.05, 0.1) is 0 Å². The zero-order valence-electron chi connectivity index (χ0n) is 4.14. The first-order valence-corrected chi connectivity index (χ1v) is 1.93. The lowest BCUT2D eigenvalue weighted by molar-refractivity contribution is 0.0899. The Morgan fingerprint density at radius 1 is 1.38 bits per heavy atom. The minimum Gasteiger partial charge on any atom is -0.271 e. The molecule has 0 unspecified atom stereocenters. The van der Waals surface area contributed by atoms with E-state index in [1.54, 1.807) is 0 Å². The Morgan fingerprint density at radius 2 is 1.88 bits per heavy atom. The second kappa shape index (κ2) is 1.65. The number of aromatic nitrogens is 5. The summed E-state index contributed by atoms with van der Waals surface area (Å²) in [5.74, 6) is -0.296. The highest BCUT2D eigenvalue weighted by Crippen LogP contribution is 1.67. The third-order valence-electron chi connectivity index (χ3n) is 0.571. The van der Waals surface area contributed by atoms with Crippen molar-refractivity contribution in [3.05, 3.63) is 0 Å². The van der Waals surface area contributed by atoms with Gasteiger partial charge in [-0.3, -0.25) is 4.79 Å². The number of carbonyl (C=O) groups is 1. The molecule has 0 fully saturated rings. The van der Waals surface area contributed by atoms with Crippen LogP contribution in [0.25, 0.3) is 0 Å². The number of nitrogens with zero attached hydrogens (tertiary/aromatic N) is 5. The first kappa shape index (κ1) is 4.82. The van der Waals surface area contributed by atoms with E-state index in [0.717, 1.165) is 4.80 Å². The molecule has 8 heavy (non-hydrogen) atoms. The Hall–Kier alpha value is -1.33. The lowest BCUT2D eigenvalue weighted by Crippen LogP contribution is -2.09. The zero-order valence-corrected chi connectivity index (χ0v) is 4.14. The van der Waals surface area contributed by atoms with E-state index < -0.39 is 0 Å². The van der Waals surface area contributed by atoms with Crippen LogP contribution in [0.1, 0.15) is 11.7 Å². The Kier molecular flexibility index (Phi) is 0.991. The van der Waals surface area contributed by atoms with Gasteiger partial charge < -0.3 is 0 Å². The Bertz CT molecular complexity index is 178. The molecule has 1 heterocycles. The van der Waals surface area contributed by atoms with Gasteiger partial charge in [0.15, 0.2) is 0 Å². The average molecular weight is 113 g/mol. The fraction of sp³-hybridized carbons (Fsp3) is 0.500. The average Bonchev–Trinajstić information content (AvgIpc) is 2.12. The number of hydrogen-bond acceptors (Lipinski definition) is 5. The molecule has 1 rings (SSSR count). The van der Waals surface area contributed by atoms with Crippen LogP contribution < -0.4 is 0 Å². The Morgan fingerprint density at radius 3 is 2.12 bits per heavy atom. The van der Waals surface area contributed by atoms with Crippen molar-refractivity contribution in [2.45, 2.75) is 6.92 Å². The summed E-state index contributed by atoms with van der Waals surface area (Å²) >= 11 is 0. The maximum absolute atomic E-state index is 10.3. The lowest BCUT2D eigenvalue weighted by atomic mass is 10.8. The molecule has 0 atom stereocenters. The van der Waals surface area contributed by atoms with Crippen LogP contribution >= 0.6 is 0 Å². The molecule has 0 amide bonds. The minimum atomic E-state index is -0.296. The normalized spacial score (nSPS) is 9.12. The molecular weight excluding hydrogens is 110 g/mol. The molecule has 0 aliphatic carbocycles. The molecule has 0 saturated heterocycles. The highest BCUT2D eigenvalue weighted by Gasteiger charge is 1.95. The first-order valence-electron chi connectivity index (χ1n) is 1.93. The number of hydrogen-bond donors (Lipinski definition) is 0. The number of rotatable bonds is 0. The molecule has 0 aliphatic heterocycles. The van der Waals surface area contributed by atoms with Gasteiger partial charge in [-0.2, -0.15) is 0 Å². The second-order valence-electron chi connectivity index (χ2n) is 1.17. The van der Waals surface area contributed by atoms with Gasteiger partial charge in [0.25, 0.3) is 5.91 Å². The summed E-state index contributed by atoms with van der Waals surface area (Å²) in [5.41, 5.74) is 0. The van der Waals surface area contributed by atoms with E-state index in [9.17, 15) is 4.79 Å². The summed E-state index contributed by atoms with van der Waals surface area (Å²) in [7, 11) is 0. The van der Waals surface area contributed by atoms with Gasteiger partial charge in [-0.05, 0) is 20.9 Å². The quantitative estimate of drug-likeness (QED) is 0.419. The van der Waals surface area contributed by atoms with Gasteiger partial charge in [0, 0.05) is 6.92 Å². The van der Waals surface area contributed by atoms with Crippen LogP contribution in [0.5, 0.6) is 0 Å². The summed E-state index contributed by atoms with van der Waals surface area (Å²) in [4.78, 5) is 11.1. The van der Waals surface area contributed by atoms with Crippen LogP contribution in [0.4, 0.5) is 0 Å². The zero-order chi connectivity index (χ0) is 5.98. The van der Waals surface area contributed by atoms with E-state index in [1.165, 1.54) is 6.92 Å². The van der Waals surface area contributed by atoms with Crippen molar-refractivity contribution in [1.82, 2.24) is 25.7 Å². The largest absolute Gasteiger partial charge is 0.271 e. The number of carbonyl (C=O) groups excluding carboxylic acids is 1. The molecule has 0 spiro atoms. The summed E-state index contributed by atoms with van der Waals surface area (Å²) in [6.07, 6.45) is 0. The predicted molar refractivity (Wildman–Crippen MR) is 21.9 cm³/mol. The van der Waals surface area contributed by atoms with E-state index >= 15 is 0 Å². The van der Waals surface area contributed by atoms with Crippen LogP contribution in [-0.4, -0.2) is 31.6 Å². The second-order valence-corrected chi connectivity index (χ2v) is 1.17. The molecule has 0 bridgehead atoms. The van der Waals surface area contributed by atoms with Gasteiger partial charge in [-0.1, -0.05) is 4.80 Å². The maximum atomic E-state index is 10.3. The molecule has 0 aliphatic rings. The summed E-state index contributed by atoms with van der Waals surface area (Å²) in [6, 6.07) is 0. The van der Waals surface area contributed by atoms with Gasteiger partial charge in [0.1, 0.15) is 0 Å². The van der Waals surface area contributed by atoms with E-state index in [-0.39, 0.29) is 5.91 Å². The summed E-state index contributed by atoms with van der Waals surface area (Å²) in [6.45, 7) is 1.32. The van der Waals surface area contributed by atoms with Crippen LogP contribution in [0.3, 0.4) is 0 Å². The SMILES string of the molecule is CC(=O)n1nnnn1. The fourth-order valence-corrected chi connectivity index (χ4v) is 0.255. The van der Waals surface area contributed by atoms with E-state index in [4.69, 9.17) is 0 Å². The van der Waals surface area contributed by atoms with Gasteiger partial charge in [0.2, 0.25) is 0 Å². The van der Waals surface area contributed by atoms with Crippen LogP contribution in [0.2, 0.25) is 0 Å². The van der Waals surface area contributed by atoms with Crippen LogP contribution in [0.15, 0.2) is 0 Å². The fourth-order valence-electron chi connectivity index (χ4n) is 0.255. The van der Waals surface area contributed by atoms with Crippen LogP contribution in [-0.2, 0) is 0 Å². The molecule has 0 N–H and O–H groups in total. The van der Waals surface area contributed by atoms with Gasteiger partial charge in [-0.15, -0.1) is 0 Å². The predicted octanol–water partition coefficient (Wildman–Crippen LogP) is -1.27. The van der Waals surface area contributed by atoms with Crippen molar-refractivity contribution in [2.75, 3.05) is 0 Å². The molecule has 6 nitrogen and oxygen atoms in total. The minimum absolute atomic E-state index is 0.296. The first-order chi connectivity index (χ1) is 3.80. The maximum Gasteiger partial charge on any atom is 0.265 e. The molecule has 0 aromatic carbocycles. The molecule has 0 radical (unpaired) electrons. The molecule has 42 valence electrons. The van der Waals surface area contributed by atoms with E-state index in [0.29, 0.717) is 0 Å². The van der Waals surface area contributed by atoms with Gasteiger partial charge in [-0.25, -0.2) is 0 Å². The summed E-state index contributed by atoms with van der Waals surface area (Å²) in [5, 5.41) is 12.6. The van der Waals surface area contributed by atoms with Crippen molar-refractivity contribution in [3.63, 3.8) is 0 Å². The standard InChI is InChI=1S/C2H3N5O/c1-2(8)7-5-3-4-6-7/h1H3. The molecular formula is C2H3N5O. The van der Waals surface area contributed by atoms with E-state index in [2.05, 4.69) is 20.9 Å².